The van der Waals surface area contributed by atoms with Crippen LogP contribution in [0, 0.1) is 5.92 Å². The highest BCUT2D eigenvalue weighted by Crippen LogP contribution is 2.31. The lowest BCUT2D eigenvalue weighted by Gasteiger charge is -2.33. The number of rotatable bonds is 1. The zero-order valence-corrected chi connectivity index (χ0v) is 11.7. The van der Waals surface area contributed by atoms with E-state index in [9.17, 15) is 4.79 Å². The Hall–Kier alpha value is -2.30. The number of benzene rings is 1. The van der Waals surface area contributed by atoms with Gasteiger partial charge >= 0.3 is 0 Å². The molecule has 3 rings (SSSR count). The first-order valence-electron chi connectivity index (χ1n) is 6.75. The lowest BCUT2D eigenvalue weighted by molar-refractivity contribution is 0.0973. The summed E-state index contributed by atoms with van der Waals surface area (Å²) in [5, 5.41) is 4.05. The van der Waals surface area contributed by atoms with E-state index in [1.807, 2.05) is 23.1 Å². The molecule has 0 saturated heterocycles. The summed E-state index contributed by atoms with van der Waals surface area (Å²) in [6.07, 6.45) is 2.52. The molecule has 2 N–H and O–H groups in total. The molecule has 1 aliphatic rings. The second kappa shape index (κ2) is 4.67. The van der Waals surface area contributed by atoms with E-state index in [-0.39, 0.29) is 5.91 Å². The Morgan fingerprint density at radius 1 is 1.40 bits per heavy atom. The fourth-order valence-electron chi connectivity index (χ4n) is 2.83. The van der Waals surface area contributed by atoms with Gasteiger partial charge in [0.25, 0.3) is 5.91 Å². The predicted molar refractivity (Wildman–Crippen MR) is 78.6 cm³/mol. The number of carbonyl (C=O) groups is 1. The molecule has 1 atom stereocenters. The molecule has 1 amide bonds. The molecule has 1 aromatic heterocycles. The van der Waals surface area contributed by atoms with Crippen LogP contribution in [0.15, 0.2) is 30.5 Å². The summed E-state index contributed by atoms with van der Waals surface area (Å²) in [5.74, 6) is 0.352. The highest BCUT2D eigenvalue weighted by atomic mass is 16.2. The highest BCUT2D eigenvalue weighted by molar-refractivity contribution is 6.08. The van der Waals surface area contributed by atoms with E-state index in [0.717, 1.165) is 12.1 Å². The van der Waals surface area contributed by atoms with Crippen LogP contribution in [-0.4, -0.2) is 22.2 Å². The number of nitrogens with two attached hydrogens (primary N) is 1. The molecular weight excluding hydrogens is 252 g/mol. The molecule has 20 heavy (non-hydrogen) atoms. The first kappa shape index (κ1) is 12.7. The van der Waals surface area contributed by atoms with Gasteiger partial charge in [0.1, 0.15) is 5.69 Å². The Morgan fingerprint density at radius 3 is 2.85 bits per heavy atom. The molecule has 2 heterocycles. The van der Waals surface area contributed by atoms with E-state index in [2.05, 4.69) is 18.1 Å². The first-order chi connectivity index (χ1) is 9.58. The van der Waals surface area contributed by atoms with Crippen LogP contribution in [0.25, 0.3) is 0 Å². The SMILES string of the molecule is CC1Cc2ccccc2N(C(=O)c2c(N)cnn2C)C1. The maximum Gasteiger partial charge on any atom is 0.278 e. The van der Waals surface area contributed by atoms with E-state index >= 15 is 0 Å². The fraction of sp³-hybridized carbons (Fsp3) is 0.333. The van der Waals surface area contributed by atoms with Crippen LogP contribution in [0.5, 0.6) is 0 Å². The Morgan fingerprint density at radius 2 is 2.15 bits per heavy atom. The minimum atomic E-state index is -0.0819. The van der Waals surface area contributed by atoms with Crippen molar-refractivity contribution in [3.05, 3.63) is 41.7 Å². The number of para-hydroxylation sites is 1. The van der Waals surface area contributed by atoms with Crippen LogP contribution in [0.4, 0.5) is 11.4 Å². The highest BCUT2D eigenvalue weighted by Gasteiger charge is 2.29. The second-order valence-electron chi connectivity index (χ2n) is 5.43. The van der Waals surface area contributed by atoms with Gasteiger partial charge in [0.05, 0.1) is 11.9 Å². The summed E-state index contributed by atoms with van der Waals surface area (Å²) in [7, 11) is 1.74. The number of anilines is 2. The molecule has 0 saturated carbocycles. The summed E-state index contributed by atoms with van der Waals surface area (Å²) < 4.78 is 1.54. The van der Waals surface area contributed by atoms with Crippen molar-refractivity contribution >= 4 is 17.3 Å². The molecule has 0 bridgehead atoms. The van der Waals surface area contributed by atoms with Gasteiger partial charge in [-0.05, 0) is 24.0 Å². The topological polar surface area (TPSA) is 64.2 Å². The third-order valence-corrected chi connectivity index (χ3v) is 3.76. The van der Waals surface area contributed by atoms with Gasteiger partial charge in [-0.15, -0.1) is 0 Å². The minimum absolute atomic E-state index is 0.0819. The zero-order chi connectivity index (χ0) is 14.3. The van der Waals surface area contributed by atoms with Crippen molar-refractivity contribution in [2.45, 2.75) is 13.3 Å². The van der Waals surface area contributed by atoms with E-state index < -0.39 is 0 Å². The van der Waals surface area contributed by atoms with Crippen LogP contribution in [-0.2, 0) is 13.5 Å². The van der Waals surface area contributed by atoms with Gasteiger partial charge in [-0.1, -0.05) is 25.1 Å². The predicted octanol–water partition coefficient (Wildman–Crippen LogP) is 1.84. The molecular formula is C15H18N4O. The van der Waals surface area contributed by atoms with Crippen molar-refractivity contribution < 1.29 is 4.79 Å². The zero-order valence-electron chi connectivity index (χ0n) is 11.7. The maximum atomic E-state index is 12.8. The van der Waals surface area contributed by atoms with Crippen molar-refractivity contribution in [2.24, 2.45) is 13.0 Å². The fourth-order valence-corrected chi connectivity index (χ4v) is 2.83. The van der Waals surface area contributed by atoms with Gasteiger partial charge < -0.3 is 10.6 Å². The molecule has 0 fully saturated rings. The number of hydrogen-bond donors (Lipinski definition) is 1. The Bertz CT molecular complexity index is 642. The number of fused-ring (bicyclic) bond motifs is 1. The van der Waals surface area contributed by atoms with Crippen molar-refractivity contribution in [2.75, 3.05) is 17.2 Å². The molecule has 0 radical (unpaired) electrons. The number of amides is 1. The Labute approximate surface area is 118 Å². The van der Waals surface area contributed by atoms with Crippen molar-refractivity contribution in [1.29, 1.82) is 0 Å². The summed E-state index contributed by atoms with van der Waals surface area (Å²) in [5.41, 5.74) is 8.94. The van der Waals surface area contributed by atoms with Crippen molar-refractivity contribution in [3.8, 4) is 0 Å². The number of aryl methyl sites for hydroxylation is 1. The molecule has 104 valence electrons. The third-order valence-electron chi connectivity index (χ3n) is 3.76. The number of aromatic nitrogens is 2. The third kappa shape index (κ3) is 1.95. The molecule has 0 aliphatic carbocycles. The summed E-state index contributed by atoms with van der Waals surface area (Å²) in [4.78, 5) is 14.6. The first-order valence-corrected chi connectivity index (χ1v) is 6.75. The van der Waals surface area contributed by atoms with Gasteiger partial charge in [0.15, 0.2) is 0 Å². The molecule has 5 nitrogen and oxygen atoms in total. The van der Waals surface area contributed by atoms with Gasteiger partial charge in [-0.3, -0.25) is 9.48 Å². The lowest BCUT2D eigenvalue weighted by Crippen LogP contribution is -2.40. The summed E-state index contributed by atoms with van der Waals surface area (Å²) >= 11 is 0. The van der Waals surface area contributed by atoms with E-state index in [1.165, 1.54) is 11.8 Å². The summed E-state index contributed by atoms with van der Waals surface area (Å²) in [6, 6.07) is 8.04. The molecule has 2 aromatic rings. The average molecular weight is 270 g/mol. The lowest BCUT2D eigenvalue weighted by atomic mass is 9.93. The minimum Gasteiger partial charge on any atom is -0.396 e. The smallest absolute Gasteiger partial charge is 0.278 e. The number of carbonyl (C=O) groups excluding carboxylic acids is 1. The average Bonchev–Trinajstić information content (AvgIpc) is 2.76. The standard InChI is InChI=1S/C15H18N4O/c1-10-7-11-5-3-4-6-13(11)19(9-10)15(20)14-12(16)8-17-18(14)2/h3-6,8,10H,7,9,16H2,1-2H3. The van der Waals surface area contributed by atoms with Gasteiger partial charge in [0.2, 0.25) is 0 Å². The van der Waals surface area contributed by atoms with E-state index in [1.54, 1.807) is 11.7 Å². The number of hydrogen-bond acceptors (Lipinski definition) is 3. The van der Waals surface area contributed by atoms with E-state index in [4.69, 9.17) is 5.73 Å². The van der Waals surface area contributed by atoms with Gasteiger partial charge in [-0.25, -0.2) is 0 Å². The van der Waals surface area contributed by atoms with Crippen LogP contribution in [0.2, 0.25) is 0 Å². The van der Waals surface area contributed by atoms with E-state index in [0.29, 0.717) is 23.8 Å². The molecule has 1 aliphatic heterocycles. The monoisotopic (exact) mass is 270 g/mol. The van der Waals surface area contributed by atoms with Crippen LogP contribution in [0.3, 0.4) is 0 Å². The van der Waals surface area contributed by atoms with Gasteiger partial charge in [-0.2, -0.15) is 5.10 Å². The Balaban J connectivity index is 2.05. The molecule has 1 aromatic carbocycles. The normalized spacial score (nSPS) is 17.9. The quantitative estimate of drug-likeness (QED) is 0.860. The number of nitrogen functional groups attached to an aromatic ring is 1. The maximum absolute atomic E-state index is 12.8. The van der Waals surface area contributed by atoms with Crippen LogP contribution in [0.1, 0.15) is 23.0 Å². The van der Waals surface area contributed by atoms with Gasteiger partial charge in [0, 0.05) is 19.3 Å². The van der Waals surface area contributed by atoms with Crippen LogP contribution >= 0.6 is 0 Å². The molecule has 1 unspecified atom stereocenters. The number of nitrogens with zero attached hydrogens (tertiary/aromatic N) is 3. The van der Waals surface area contributed by atoms with Crippen molar-refractivity contribution in [1.82, 2.24) is 9.78 Å². The summed E-state index contributed by atoms with van der Waals surface area (Å²) in [6.45, 7) is 2.86. The Kier molecular flexibility index (Phi) is 2.97. The second-order valence-corrected chi connectivity index (χ2v) is 5.43. The molecule has 0 spiro atoms. The van der Waals surface area contributed by atoms with Crippen LogP contribution < -0.4 is 10.6 Å². The molecule has 5 heteroatoms. The largest absolute Gasteiger partial charge is 0.396 e. The van der Waals surface area contributed by atoms with Crippen molar-refractivity contribution in [3.63, 3.8) is 0 Å².